The molecule has 21 heavy (non-hydrogen) atoms. The van der Waals surface area contributed by atoms with Gasteiger partial charge in [0.1, 0.15) is 6.61 Å². The van der Waals surface area contributed by atoms with Crippen LogP contribution in [0.5, 0.6) is 0 Å². The Morgan fingerprint density at radius 3 is 2.43 bits per heavy atom. The molecule has 0 radical (unpaired) electrons. The first-order valence-electron chi connectivity index (χ1n) is 7.55. The molecule has 1 saturated heterocycles. The second-order valence-corrected chi connectivity index (χ2v) is 6.03. The summed E-state index contributed by atoms with van der Waals surface area (Å²) in [4.78, 5) is 16.0. The molecule has 0 aromatic heterocycles. The van der Waals surface area contributed by atoms with Crippen molar-refractivity contribution in [2.75, 3.05) is 32.7 Å². The Balaban J connectivity index is 1.40. The minimum Gasteiger partial charge on any atom is -0.445 e. The van der Waals surface area contributed by atoms with Crippen molar-refractivity contribution < 1.29 is 14.6 Å². The van der Waals surface area contributed by atoms with E-state index >= 15 is 0 Å². The predicted molar refractivity (Wildman–Crippen MR) is 78.8 cm³/mol. The summed E-state index contributed by atoms with van der Waals surface area (Å²) in [5.74, 6) is 0. The molecule has 1 N–H and O–H groups in total. The number of hydrogen-bond acceptors (Lipinski definition) is 4. The number of carbonyl (C=O) groups is 1. The monoisotopic (exact) mass is 290 g/mol. The van der Waals surface area contributed by atoms with Crippen molar-refractivity contribution in [3.8, 4) is 0 Å². The zero-order chi connectivity index (χ0) is 14.7. The number of piperazine rings is 1. The standard InChI is InChI=1S/C16H22N2O3/c19-15(21-12-14-4-2-1-3-5-14)18-10-8-17(9-11-18)13-16(20)6-7-16/h1-5,20H,6-13H2. The highest BCUT2D eigenvalue weighted by Gasteiger charge is 2.42. The van der Waals surface area contributed by atoms with Gasteiger partial charge in [0, 0.05) is 32.7 Å². The van der Waals surface area contributed by atoms with Gasteiger partial charge in [-0.1, -0.05) is 30.3 Å². The van der Waals surface area contributed by atoms with Crippen LogP contribution in [0.1, 0.15) is 18.4 Å². The fraction of sp³-hybridized carbons (Fsp3) is 0.562. The van der Waals surface area contributed by atoms with Crippen molar-refractivity contribution in [1.29, 1.82) is 0 Å². The molecule has 0 atom stereocenters. The van der Waals surface area contributed by atoms with Gasteiger partial charge in [-0.15, -0.1) is 0 Å². The molecule has 0 unspecified atom stereocenters. The van der Waals surface area contributed by atoms with Crippen LogP contribution in [0.2, 0.25) is 0 Å². The Morgan fingerprint density at radius 2 is 1.81 bits per heavy atom. The molecule has 0 bridgehead atoms. The minimum absolute atomic E-state index is 0.247. The molecule has 1 aromatic carbocycles. The van der Waals surface area contributed by atoms with Crippen LogP contribution in [-0.4, -0.2) is 59.3 Å². The summed E-state index contributed by atoms with van der Waals surface area (Å²) in [6, 6.07) is 9.70. The lowest BCUT2D eigenvalue weighted by molar-refractivity contribution is 0.0461. The van der Waals surface area contributed by atoms with Crippen molar-refractivity contribution in [3.05, 3.63) is 35.9 Å². The molecule has 1 aromatic rings. The van der Waals surface area contributed by atoms with E-state index in [1.807, 2.05) is 30.3 Å². The zero-order valence-electron chi connectivity index (χ0n) is 12.2. The van der Waals surface area contributed by atoms with E-state index in [-0.39, 0.29) is 6.09 Å². The van der Waals surface area contributed by atoms with E-state index in [4.69, 9.17) is 4.74 Å². The number of amides is 1. The van der Waals surface area contributed by atoms with Crippen LogP contribution >= 0.6 is 0 Å². The van der Waals surface area contributed by atoms with E-state index in [1.165, 1.54) is 0 Å². The third-order valence-electron chi connectivity index (χ3n) is 4.18. The van der Waals surface area contributed by atoms with Gasteiger partial charge in [0.15, 0.2) is 0 Å². The molecule has 3 rings (SSSR count). The van der Waals surface area contributed by atoms with Gasteiger partial charge >= 0.3 is 6.09 Å². The number of benzene rings is 1. The van der Waals surface area contributed by atoms with Crippen LogP contribution in [0, 0.1) is 0 Å². The van der Waals surface area contributed by atoms with Gasteiger partial charge in [-0.25, -0.2) is 4.79 Å². The lowest BCUT2D eigenvalue weighted by atomic mass is 10.2. The van der Waals surface area contributed by atoms with Crippen molar-refractivity contribution in [1.82, 2.24) is 9.80 Å². The maximum Gasteiger partial charge on any atom is 0.410 e. The summed E-state index contributed by atoms with van der Waals surface area (Å²) < 4.78 is 5.34. The van der Waals surface area contributed by atoms with E-state index < -0.39 is 5.60 Å². The topological polar surface area (TPSA) is 53.0 Å². The number of ether oxygens (including phenoxy) is 1. The number of β-amino-alcohol motifs (C(OH)–C–C–N with tert-alkyl or cyclic N) is 1. The summed E-state index contributed by atoms with van der Waals surface area (Å²) in [7, 11) is 0. The lowest BCUT2D eigenvalue weighted by Crippen LogP contribution is -2.50. The van der Waals surface area contributed by atoms with E-state index in [0.717, 1.165) is 38.0 Å². The van der Waals surface area contributed by atoms with E-state index in [1.54, 1.807) is 4.90 Å². The van der Waals surface area contributed by atoms with Gasteiger partial charge < -0.3 is 14.7 Å². The van der Waals surface area contributed by atoms with Gasteiger partial charge in [-0.05, 0) is 18.4 Å². The van der Waals surface area contributed by atoms with Gasteiger partial charge in [0.25, 0.3) is 0 Å². The maximum atomic E-state index is 12.0. The Bertz CT molecular complexity index is 480. The zero-order valence-corrected chi connectivity index (χ0v) is 12.2. The molecule has 5 nitrogen and oxygen atoms in total. The average Bonchev–Trinajstić information content (AvgIpc) is 3.24. The third kappa shape index (κ3) is 3.95. The first-order valence-corrected chi connectivity index (χ1v) is 7.55. The highest BCUT2D eigenvalue weighted by molar-refractivity contribution is 5.67. The summed E-state index contributed by atoms with van der Waals surface area (Å²) in [6.07, 6.45) is 1.57. The summed E-state index contributed by atoms with van der Waals surface area (Å²) in [5.41, 5.74) is 0.552. The number of carbonyl (C=O) groups excluding carboxylic acids is 1. The van der Waals surface area contributed by atoms with E-state index in [2.05, 4.69) is 4.90 Å². The molecule has 114 valence electrons. The number of hydrogen-bond donors (Lipinski definition) is 1. The fourth-order valence-electron chi connectivity index (χ4n) is 2.62. The quantitative estimate of drug-likeness (QED) is 0.912. The van der Waals surface area contributed by atoms with Crippen LogP contribution in [0.25, 0.3) is 0 Å². The molecule has 1 aliphatic heterocycles. The molecule has 1 saturated carbocycles. The second kappa shape index (κ2) is 6.03. The molecule has 0 spiro atoms. The Kier molecular flexibility index (Phi) is 4.12. The minimum atomic E-state index is -0.448. The average molecular weight is 290 g/mol. The van der Waals surface area contributed by atoms with Crippen molar-refractivity contribution in [3.63, 3.8) is 0 Å². The predicted octanol–water partition coefficient (Wildman–Crippen LogP) is 1.47. The summed E-state index contributed by atoms with van der Waals surface area (Å²) >= 11 is 0. The maximum absolute atomic E-state index is 12.0. The van der Waals surface area contributed by atoms with Gasteiger partial charge in [-0.2, -0.15) is 0 Å². The molecule has 1 amide bonds. The molecular formula is C16H22N2O3. The van der Waals surface area contributed by atoms with Gasteiger partial charge in [0.05, 0.1) is 5.60 Å². The van der Waals surface area contributed by atoms with Crippen LogP contribution in [0.15, 0.2) is 30.3 Å². The normalized spacial score (nSPS) is 21.1. The van der Waals surface area contributed by atoms with Crippen LogP contribution in [0.4, 0.5) is 4.79 Å². The molecule has 1 aliphatic carbocycles. The Morgan fingerprint density at radius 1 is 1.14 bits per heavy atom. The van der Waals surface area contributed by atoms with Gasteiger partial charge in [0.2, 0.25) is 0 Å². The number of aliphatic hydroxyl groups is 1. The summed E-state index contributed by atoms with van der Waals surface area (Å²) in [6.45, 7) is 4.01. The van der Waals surface area contributed by atoms with Crippen molar-refractivity contribution >= 4 is 6.09 Å². The fourth-order valence-corrected chi connectivity index (χ4v) is 2.62. The number of rotatable bonds is 4. The SMILES string of the molecule is O=C(OCc1ccccc1)N1CCN(CC2(O)CC2)CC1. The third-order valence-corrected chi connectivity index (χ3v) is 4.18. The van der Waals surface area contributed by atoms with Crippen LogP contribution in [0.3, 0.4) is 0 Å². The van der Waals surface area contributed by atoms with Crippen molar-refractivity contribution in [2.24, 2.45) is 0 Å². The lowest BCUT2D eigenvalue weighted by Gasteiger charge is -2.35. The first kappa shape index (κ1) is 14.4. The van der Waals surface area contributed by atoms with Crippen LogP contribution < -0.4 is 0 Å². The molecule has 2 aliphatic rings. The highest BCUT2D eigenvalue weighted by atomic mass is 16.6. The molecular weight excluding hydrogens is 268 g/mol. The molecule has 2 fully saturated rings. The second-order valence-electron chi connectivity index (χ2n) is 6.03. The Labute approximate surface area is 125 Å². The largest absolute Gasteiger partial charge is 0.445 e. The Hall–Kier alpha value is -1.59. The first-order chi connectivity index (χ1) is 10.1. The molecule has 5 heteroatoms. The van der Waals surface area contributed by atoms with Crippen molar-refractivity contribution in [2.45, 2.75) is 25.0 Å². The highest BCUT2D eigenvalue weighted by Crippen LogP contribution is 2.35. The summed E-state index contributed by atoms with van der Waals surface area (Å²) in [5, 5.41) is 9.92. The smallest absolute Gasteiger partial charge is 0.410 e. The van der Waals surface area contributed by atoms with Crippen LogP contribution in [-0.2, 0) is 11.3 Å². The van der Waals surface area contributed by atoms with Gasteiger partial charge in [-0.3, -0.25) is 4.90 Å². The molecule has 1 heterocycles. The van der Waals surface area contributed by atoms with E-state index in [9.17, 15) is 9.90 Å². The number of nitrogens with zero attached hydrogens (tertiary/aromatic N) is 2. The van der Waals surface area contributed by atoms with E-state index in [0.29, 0.717) is 19.7 Å².